The maximum Gasteiger partial charge on any atom is 0.410 e. The molecule has 3 rings (SSSR count). The number of ether oxygens (including phenoxy) is 1. The standard InChI is InChI=1S/C18H26FN5O2/c1-5-13-16(20)15-10-14(12(19)11-24(15)21-13)22-6-8-23(9-7-22)17(25)26-18(2,3)4/h10-11H,5-9,20H2,1-4H3/i1D3,5D2. The van der Waals surface area contributed by atoms with Gasteiger partial charge in [-0.2, -0.15) is 5.10 Å². The van der Waals surface area contributed by atoms with Crippen LogP contribution in [0.3, 0.4) is 0 Å². The maximum absolute atomic E-state index is 14.8. The summed E-state index contributed by atoms with van der Waals surface area (Å²) in [5, 5.41) is 3.90. The molecular weight excluding hydrogens is 337 g/mol. The van der Waals surface area contributed by atoms with Gasteiger partial charge in [0.1, 0.15) is 5.60 Å². The Hall–Kier alpha value is -2.51. The van der Waals surface area contributed by atoms with Crippen molar-refractivity contribution < 1.29 is 20.8 Å². The van der Waals surface area contributed by atoms with E-state index >= 15 is 0 Å². The van der Waals surface area contributed by atoms with Gasteiger partial charge in [0, 0.05) is 33.0 Å². The number of hydrogen-bond donors (Lipinski definition) is 1. The van der Waals surface area contributed by atoms with Crippen LogP contribution in [-0.2, 0) is 11.1 Å². The third-order valence-corrected chi connectivity index (χ3v) is 4.13. The van der Waals surface area contributed by atoms with E-state index in [2.05, 4.69) is 5.10 Å². The zero-order valence-corrected chi connectivity index (χ0v) is 15.0. The quantitative estimate of drug-likeness (QED) is 0.882. The topological polar surface area (TPSA) is 76.1 Å². The van der Waals surface area contributed by atoms with Crippen molar-refractivity contribution in [3.8, 4) is 0 Å². The van der Waals surface area contributed by atoms with Crippen molar-refractivity contribution >= 4 is 23.0 Å². The van der Waals surface area contributed by atoms with Crippen LogP contribution in [-0.4, -0.2) is 52.4 Å². The summed E-state index contributed by atoms with van der Waals surface area (Å²) in [7, 11) is 0. The second kappa shape index (κ2) is 6.66. The monoisotopic (exact) mass is 368 g/mol. The van der Waals surface area contributed by atoms with Crippen molar-refractivity contribution in [2.45, 2.75) is 39.6 Å². The van der Waals surface area contributed by atoms with Crippen LogP contribution in [0.15, 0.2) is 12.3 Å². The number of carbonyl (C=O) groups is 1. The molecule has 0 aromatic carbocycles. The van der Waals surface area contributed by atoms with Gasteiger partial charge >= 0.3 is 6.09 Å². The molecule has 1 aliphatic heterocycles. The van der Waals surface area contributed by atoms with E-state index in [-0.39, 0.29) is 16.9 Å². The number of fused-ring (bicyclic) bond motifs is 1. The highest BCUT2D eigenvalue weighted by Gasteiger charge is 2.27. The first-order valence-electron chi connectivity index (χ1n) is 10.8. The second-order valence-electron chi connectivity index (χ2n) is 7.18. The zero-order chi connectivity index (χ0) is 23.4. The number of rotatable bonds is 2. The SMILES string of the molecule is [2H]C([2H])([2H])C([2H])([2H])c1nn2cc(F)c(N3CCN(C(=O)OC(C)(C)C)CC3)cc2c1N. The molecule has 0 spiro atoms. The van der Waals surface area contributed by atoms with Gasteiger partial charge in [0.05, 0.1) is 28.8 Å². The molecular formula is C18H26FN5O2. The first-order valence-corrected chi connectivity index (χ1v) is 8.32. The van der Waals surface area contributed by atoms with Gasteiger partial charge in [0.25, 0.3) is 0 Å². The number of aryl methyl sites for hydroxylation is 1. The fraction of sp³-hybridized carbons (Fsp3) is 0.556. The van der Waals surface area contributed by atoms with Gasteiger partial charge in [0.15, 0.2) is 5.82 Å². The smallest absolute Gasteiger partial charge is 0.410 e. The maximum atomic E-state index is 14.8. The average Bonchev–Trinajstić information content (AvgIpc) is 2.95. The summed E-state index contributed by atoms with van der Waals surface area (Å²) in [6, 6.07) is 1.42. The normalized spacial score (nSPS) is 19.5. The number of hydrogen-bond acceptors (Lipinski definition) is 5. The summed E-state index contributed by atoms with van der Waals surface area (Å²) < 4.78 is 59.3. The molecule has 2 aromatic heterocycles. The highest BCUT2D eigenvalue weighted by atomic mass is 19.1. The largest absolute Gasteiger partial charge is 0.444 e. The van der Waals surface area contributed by atoms with Crippen LogP contribution in [0.5, 0.6) is 0 Å². The van der Waals surface area contributed by atoms with Gasteiger partial charge < -0.3 is 20.3 Å². The Morgan fingerprint density at radius 2 is 2.12 bits per heavy atom. The molecule has 1 amide bonds. The van der Waals surface area contributed by atoms with E-state index in [1.54, 1.807) is 30.6 Å². The Morgan fingerprint density at radius 1 is 1.42 bits per heavy atom. The van der Waals surface area contributed by atoms with E-state index in [1.807, 2.05) is 0 Å². The van der Waals surface area contributed by atoms with E-state index in [0.717, 1.165) is 10.7 Å². The second-order valence-corrected chi connectivity index (χ2v) is 7.18. The van der Waals surface area contributed by atoms with E-state index < -0.39 is 36.4 Å². The first-order chi connectivity index (χ1) is 14.1. The lowest BCUT2D eigenvalue weighted by Gasteiger charge is -2.36. The summed E-state index contributed by atoms with van der Waals surface area (Å²) >= 11 is 0. The van der Waals surface area contributed by atoms with Gasteiger partial charge in [0.2, 0.25) is 0 Å². The molecule has 1 saturated heterocycles. The van der Waals surface area contributed by atoms with Crippen molar-refractivity contribution in [1.29, 1.82) is 0 Å². The molecule has 0 unspecified atom stereocenters. The molecule has 0 bridgehead atoms. The molecule has 3 heterocycles. The Bertz CT molecular complexity index is 994. The fourth-order valence-electron chi connectivity index (χ4n) is 2.87. The number of anilines is 2. The number of piperazine rings is 1. The van der Waals surface area contributed by atoms with Crippen LogP contribution in [0.1, 0.15) is 40.2 Å². The molecule has 2 N–H and O–H groups in total. The summed E-state index contributed by atoms with van der Waals surface area (Å²) in [5.74, 6) is -0.623. The number of nitrogens with zero attached hydrogens (tertiary/aromatic N) is 4. The van der Waals surface area contributed by atoms with Crippen molar-refractivity contribution in [3.63, 3.8) is 0 Å². The number of pyridine rings is 1. The summed E-state index contributed by atoms with van der Waals surface area (Å²) in [4.78, 5) is 15.5. The molecule has 7 nitrogen and oxygen atoms in total. The Kier molecular flexibility index (Phi) is 3.27. The number of nitrogen functional groups attached to an aromatic ring is 1. The van der Waals surface area contributed by atoms with Crippen molar-refractivity contribution in [2.24, 2.45) is 0 Å². The third kappa shape index (κ3) is 3.54. The van der Waals surface area contributed by atoms with E-state index in [0.29, 0.717) is 26.2 Å². The predicted molar refractivity (Wildman–Crippen MR) is 99.0 cm³/mol. The summed E-state index contributed by atoms with van der Waals surface area (Å²) in [6.45, 7) is 3.73. The molecule has 26 heavy (non-hydrogen) atoms. The average molecular weight is 368 g/mol. The number of nitrogens with two attached hydrogens (primary N) is 1. The molecule has 0 saturated carbocycles. The van der Waals surface area contributed by atoms with E-state index in [1.165, 1.54) is 6.07 Å². The van der Waals surface area contributed by atoms with Crippen LogP contribution in [0, 0.1) is 5.82 Å². The highest BCUT2D eigenvalue weighted by molar-refractivity contribution is 5.76. The summed E-state index contributed by atoms with van der Waals surface area (Å²) in [6.07, 6.45) is -2.18. The Balaban J connectivity index is 1.85. The molecule has 1 fully saturated rings. The van der Waals surface area contributed by atoms with E-state index in [4.69, 9.17) is 17.3 Å². The van der Waals surface area contributed by atoms with Crippen molar-refractivity contribution in [2.75, 3.05) is 36.8 Å². The first kappa shape index (κ1) is 12.8. The lowest BCUT2D eigenvalue weighted by molar-refractivity contribution is 0.0240. The predicted octanol–water partition coefficient (Wildman–Crippen LogP) is 2.68. The Labute approximate surface area is 159 Å². The van der Waals surface area contributed by atoms with Crippen LogP contribution < -0.4 is 10.6 Å². The molecule has 0 atom stereocenters. The number of halogens is 1. The molecule has 8 heteroatoms. The number of amides is 1. The van der Waals surface area contributed by atoms with Gasteiger partial charge in [-0.1, -0.05) is 6.85 Å². The fourth-order valence-corrected chi connectivity index (χ4v) is 2.87. The van der Waals surface area contributed by atoms with Gasteiger partial charge in [-0.15, -0.1) is 0 Å². The summed E-state index contributed by atoms with van der Waals surface area (Å²) in [5.41, 5.74) is 5.20. The van der Waals surface area contributed by atoms with Crippen LogP contribution in [0.2, 0.25) is 0 Å². The highest BCUT2D eigenvalue weighted by Crippen LogP contribution is 2.27. The van der Waals surface area contributed by atoms with Crippen LogP contribution in [0.4, 0.5) is 20.6 Å². The van der Waals surface area contributed by atoms with Gasteiger partial charge in [-0.25, -0.2) is 13.7 Å². The van der Waals surface area contributed by atoms with Crippen LogP contribution in [0.25, 0.3) is 5.52 Å². The minimum absolute atomic E-state index is 0.158. The molecule has 142 valence electrons. The van der Waals surface area contributed by atoms with Gasteiger partial charge in [-0.05, 0) is 33.2 Å². The number of carbonyl (C=O) groups excluding carboxylic acids is 1. The van der Waals surface area contributed by atoms with Crippen molar-refractivity contribution in [3.05, 3.63) is 23.8 Å². The number of aromatic nitrogens is 2. The Morgan fingerprint density at radius 3 is 2.73 bits per heavy atom. The molecule has 1 aliphatic rings. The lowest BCUT2D eigenvalue weighted by Crippen LogP contribution is -2.50. The zero-order valence-electron chi connectivity index (χ0n) is 20.0. The van der Waals surface area contributed by atoms with E-state index in [9.17, 15) is 9.18 Å². The minimum Gasteiger partial charge on any atom is -0.444 e. The van der Waals surface area contributed by atoms with Gasteiger partial charge in [-0.3, -0.25) is 0 Å². The van der Waals surface area contributed by atoms with Crippen molar-refractivity contribution in [1.82, 2.24) is 14.5 Å². The molecule has 0 radical (unpaired) electrons. The lowest BCUT2D eigenvalue weighted by atomic mass is 10.2. The minimum atomic E-state index is -2.99. The third-order valence-electron chi connectivity index (χ3n) is 4.13. The van der Waals surface area contributed by atoms with Crippen LogP contribution >= 0.6 is 0 Å². The molecule has 2 aromatic rings. The molecule has 0 aliphatic carbocycles.